The van der Waals surface area contributed by atoms with E-state index in [-0.39, 0.29) is 23.4 Å². The molecule has 4 rings (SSSR count). The van der Waals surface area contributed by atoms with E-state index in [9.17, 15) is 19.1 Å². The highest BCUT2D eigenvalue weighted by molar-refractivity contribution is 9.10. The molecule has 1 fully saturated rings. The molecule has 1 aliphatic rings. The molecular weight excluding hydrogens is 457 g/mol. The lowest BCUT2D eigenvalue weighted by Gasteiger charge is -2.25. The number of hydrogen-bond acceptors (Lipinski definition) is 4. The van der Waals surface area contributed by atoms with Crippen LogP contribution in [-0.2, 0) is 16.1 Å². The van der Waals surface area contributed by atoms with Crippen LogP contribution < -0.4 is 0 Å². The van der Waals surface area contributed by atoms with E-state index in [0.29, 0.717) is 10.0 Å². The Hall–Kier alpha value is -2.77. The SMILES string of the molecule is O=C1C(=O)N(Cc2cccs2)C(c2cc(Br)ccc2F)/C1=C(\O)c1ccccc1. The van der Waals surface area contributed by atoms with E-state index in [2.05, 4.69) is 15.9 Å². The van der Waals surface area contributed by atoms with Gasteiger partial charge in [0, 0.05) is 20.5 Å². The molecule has 4 nitrogen and oxygen atoms in total. The third kappa shape index (κ3) is 3.63. The van der Waals surface area contributed by atoms with Crippen molar-refractivity contribution in [3.05, 3.63) is 97.9 Å². The van der Waals surface area contributed by atoms with Gasteiger partial charge in [0.25, 0.3) is 11.7 Å². The fraction of sp³-hybridized carbons (Fsp3) is 0.0909. The van der Waals surface area contributed by atoms with E-state index in [4.69, 9.17) is 0 Å². The fourth-order valence-electron chi connectivity index (χ4n) is 3.41. The zero-order chi connectivity index (χ0) is 20.5. The first-order valence-corrected chi connectivity index (χ1v) is 10.5. The number of rotatable bonds is 4. The Bertz CT molecular complexity index is 1110. The lowest BCUT2D eigenvalue weighted by atomic mass is 9.95. The van der Waals surface area contributed by atoms with Gasteiger partial charge < -0.3 is 10.0 Å². The summed E-state index contributed by atoms with van der Waals surface area (Å²) in [7, 11) is 0. The summed E-state index contributed by atoms with van der Waals surface area (Å²) in [4.78, 5) is 27.9. The van der Waals surface area contributed by atoms with Crippen molar-refractivity contribution in [2.45, 2.75) is 12.6 Å². The van der Waals surface area contributed by atoms with Gasteiger partial charge in [0.05, 0.1) is 18.2 Å². The van der Waals surface area contributed by atoms with Crippen LogP contribution in [-0.4, -0.2) is 21.7 Å². The monoisotopic (exact) mass is 471 g/mol. The van der Waals surface area contributed by atoms with E-state index in [1.165, 1.54) is 28.4 Å². The molecule has 0 aliphatic carbocycles. The van der Waals surface area contributed by atoms with Gasteiger partial charge in [0.2, 0.25) is 0 Å². The van der Waals surface area contributed by atoms with Crippen LogP contribution >= 0.6 is 27.3 Å². The first-order valence-electron chi connectivity index (χ1n) is 8.78. The molecule has 7 heteroatoms. The van der Waals surface area contributed by atoms with E-state index < -0.39 is 23.5 Å². The zero-order valence-electron chi connectivity index (χ0n) is 15.0. The second-order valence-corrected chi connectivity index (χ2v) is 8.49. The highest BCUT2D eigenvalue weighted by Gasteiger charge is 2.47. The number of carbonyl (C=O) groups excluding carboxylic acids is 2. The van der Waals surface area contributed by atoms with Crippen LogP contribution in [0, 0.1) is 5.82 Å². The maximum absolute atomic E-state index is 14.8. The molecule has 1 amide bonds. The summed E-state index contributed by atoms with van der Waals surface area (Å²) in [6.45, 7) is 0.143. The Labute approximate surface area is 179 Å². The number of nitrogens with zero attached hydrogens (tertiary/aromatic N) is 1. The van der Waals surface area contributed by atoms with Crippen LogP contribution in [0.15, 0.2) is 76.1 Å². The van der Waals surface area contributed by atoms with Crippen molar-refractivity contribution in [1.29, 1.82) is 0 Å². The Morgan fingerprint density at radius 2 is 1.86 bits per heavy atom. The molecule has 0 spiro atoms. The van der Waals surface area contributed by atoms with Crippen molar-refractivity contribution in [3.8, 4) is 0 Å². The van der Waals surface area contributed by atoms with E-state index >= 15 is 0 Å². The van der Waals surface area contributed by atoms with Gasteiger partial charge in [-0.05, 0) is 29.6 Å². The number of amides is 1. The zero-order valence-corrected chi connectivity index (χ0v) is 17.4. The molecule has 1 N–H and O–H groups in total. The number of carbonyl (C=O) groups is 2. The third-order valence-corrected chi connectivity index (χ3v) is 6.10. The Morgan fingerprint density at radius 3 is 2.55 bits per heavy atom. The molecular formula is C22H15BrFNO3S. The normalized spacial score (nSPS) is 18.4. The predicted octanol–water partition coefficient (Wildman–Crippen LogP) is 5.27. The standard InChI is InChI=1S/C22H15BrFNO3S/c23-14-8-9-17(24)16(11-14)19-18(20(26)13-5-2-1-3-6-13)21(27)22(28)25(19)12-15-7-4-10-29-15/h1-11,19,26H,12H2/b20-18+. The Morgan fingerprint density at radius 1 is 1.10 bits per heavy atom. The molecule has 1 atom stereocenters. The minimum atomic E-state index is -1.03. The summed E-state index contributed by atoms with van der Waals surface area (Å²) in [5, 5.41) is 12.8. The lowest BCUT2D eigenvalue weighted by Crippen LogP contribution is -2.29. The van der Waals surface area contributed by atoms with Gasteiger partial charge in [-0.25, -0.2) is 4.39 Å². The van der Waals surface area contributed by atoms with Crippen molar-refractivity contribution in [2.24, 2.45) is 0 Å². The van der Waals surface area contributed by atoms with Crippen LogP contribution in [0.3, 0.4) is 0 Å². The fourth-order valence-corrected chi connectivity index (χ4v) is 4.49. The lowest BCUT2D eigenvalue weighted by molar-refractivity contribution is -0.140. The Balaban J connectivity index is 1.92. The van der Waals surface area contributed by atoms with Crippen LogP contribution in [0.25, 0.3) is 5.76 Å². The van der Waals surface area contributed by atoms with E-state index in [0.717, 1.165) is 4.88 Å². The average molecular weight is 472 g/mol. The van der Waals surface area contributed by atoms with Gasteiger partial charge >= 0.3 is 0 Å². The summed E-state index contributed by atoms with van der Waals surface area (Å²) in [5.74, 6) is -2.47. The molecule has 0 bridgehead atoms. The van der Waals surface area contributed by atoms with Crippen molar-refractivity contribution in [1.82, 2.24) is 4.90 Å². The number of benzene rings is 2. The number of hydrogen-bond donors (Lipinski definition) is 1. The van der Waals surface area contributed by atoms with Gasteiger partial charge in [-0.1, -0.05) is 52.3 Å². The minimum absolute atomic E-state index is 0.116. The number of aliphatic hydroxyl groups excluding tert-OH is 1. The molecule has 29 heavy (non-hydrogen) atoms. The molecule has 146 valence electrons. The summed E-state index contributed by atoms with van der Waals surface area (Å²) in [6.07, 6.45) is 0. The molecule has 0 saturated carbocycles. The predicted molar refractivity (Wildman–Crippen MR) is 113 cm³/mol. The number of thiophene rings is 1. The smallest absolute Gasteiger partial charge is 0.295 e. The van der Waals surface area contributed by atoms with Crippen molar-refractivity contribution < 1.29 is 19.1 Å². The largest absolute Gasteiger partial charge is 0.507 e. The van der Waals surface area contributed by atoms with Crippen LogP contribution in [0.2, 0.25) is 0 Å². The highest BCUT2D eigenvalue weighted by Crippen LogP contribution is 2.42. The van der Waals surface area contributed by atoms with Crippen LogP contribution in [0.5, 0.6) is 0 Å². The molecule has 0 radical (unpaired) electrons. The van der Waals surface area contributed by atoms with Gasteiger partial charge in [-0.2, -0.15) is 0 Å². The Kier molecular flexibility index (Phi) is 5.34. The second kappa shape index (κ2) is 7.93. The molecule has 1 unspecified atom stereocenters. The third-order valence-electron chi connectivity index (χ3n) is 4.75. The number of ketones is 1. The summed E-state index contributed by atoms with van der Waals surface area (Å²) in [5.41, 5.74) is 0.421. The molecule has 1 aromatic heterocycles. The number of halogens is 2. The quantitative estimate of drug-likeness (QED) is 0.320. The first-order chi connectivity index (χ1) is 14.0. The van der Waals surface area contributed by atoms with E-state index in [1.54, 1.807) is 36.4 Å². The summed E-state index contributed by atoms with van der Waals surface area (Å²) in [6, 6.07) is 15.5. The highest BCUT2D eigenvalue weighted by atomic mass is 79.9. The first kappa shape index (κ1) is 19.5. The van der Waals surface area contributed by atoms with Gasteiger partial charge in [-0.3, -0.25) is 9.59 Å². The van der Waals surface area contributed by atoms with Crippen LogP contribution in [0.1, 0.15) is 22.0 Å². The summed E-state index contributed by atoms with van der Waals surface area (Å²) < 4.78 is 15.4. The van der Waals surface area contributed by atoms with Crippen LogP contribution in [0.4, 0.5) is 4.39 Å². The maximum Gasteiger partial charge on any atom is 0.295 e. The second-order valence-electron chi connectivity index (χ2n) is 6.54. The van der Waals surface area contributed by atoms with E-state index in [1.807, 2.05) is 17.5 Å². The molecule has 2 aromatic carbocycles. The number of Topliss-reactive ketones (excluding diaryl/α,β-unsaturated/α-hetero) is 1. The van der Waals surface area contributed by atoms with Gasteiger partial charge in [0.1, 0.15) is 11.6 Å². The number of aliphatic hydroxyl groups is 1. The van der Waals surface area contributed by atoms with Crippen molar-refractivity contribution in [3.63, 3.8) is 0 Å². The topological polar surface area (TPSA) is 57.6 Å². The van der Waals surface area contributed by atoms with Crippen molar-refractivity contribution in [2.75, 3.05) is 0 Å². The molecule has 1 aliphatic heterocycles. The maximum atomic E-state index is 14.8. The molecule has 1 saturated heterocycles. The average Bonchev–Trinajstić information content (AvgIpc) is 3.32. The molecule has 3 aromatic rings. The van der Waals surface area contributed by atoms with Gasteiger partial charge in [0.15, 0.2) is 0 Å². The molecule has 2 heterocycles. The van der Waals surface area contributed by atoms with Crippen molar-refractivity contribution >= 4 is 44.7 Å². The number of likely N-dealkylation sites (tertiary alicyclic amines) is 1. The minimum Gasteiger partial charge on any atom is -0.507 e. The van der Waals surface area contributed by atoms with Gasteiger partial charge in [-0.15, -0.1) is 11.3 Å². The summed E-state index contributed by atoms with van der Waals surface area (Å²) >= 11 is 4.76.